The van der Waals surface area contributed by atoms with Crippen LogP contribution in [0.15, 0.2) is 78.9 Å². The van der Waals surface area contributed by atoms with Gasteiger partial charge >= 0.3 is 0 Å². The Hall–Kier alpha value is -3.97. The van der Waals surface area contributed by atoms with Crippen molar-refractivity contribution in [3.8, 4) is 5.75 Å². The number of benzene rings is 3. The molecular formula is C24H20N2O5. The minimum absolute atomic E-state index is 0.191. The van der Waals surface area contributed by atoms with E-state index in [0.717, 1.165) is 4.90 Å². The minimum Gasteiger partial charge on any atom is -0.490 e. The second kappa shape index (κ2) is 8.81. The largest absolute Gasteiger partial charge is 0.490 e. The van der Waals surface area contributed by atoms with Crippen molar-refractivity contribution in [3.05, 3.63) is 95.6 Å². The van der Waals surface area contributed by atoms with Crippen LogP contribution in [0.2, 0.25) is 0 Å². The van der Waals surface area contributed by atoms with Crippen LogP contribution >= 0.6 is 0 Å². The van der Waals surface area contributed by atoms with E-state index < -0.39 is 17.9 Å². The Balaban J connectivity index is 1.39. The highest BCUT2D eigenvalue weighted by Crippen LogP contribution is 2.23. The number of amides is 3. The van der Waals surface area contributed by atoms with E-state index in [-0.39, 0.29) is 24.8 Å². The normalized spacial score (nSPS) is 13.6. The van der Waals surface area contributed by atoms with Crippen molar-refractivity contribution in [2.45, 2.75) is 6.10 Å². The smallest absolute Gasteiger partial charge is 0.261 e. The second-order valence-corrected chi connectivity index (χ2v) is 7.05. The van der Waals surface area contributed by atoms with E-state index in [2.05, 4.69) is 5.32 Å². The fourth-order valence-corrected chi connectivity index (χ4v) is 3.35. The van der Waals surface area contributed by atoms with E-state index in [4.69, 9.17) is 4.74 Å². The Morgan fingerprint density at radius 3 is 2.13 bits per heavy atom. The number of aliphatic hydroxyl groups is 1. The molecule has 0 aromatic heterocycles. The highest BCUT2D eigenvalue weighted by atomic mass is 16.5. The highest BCUT2D eigenvalue weighted by Gasteiger charge is 2.36. The SMILES string of the molecule is O=C(Nc1ccccc1)c1ccccc1OC[C@H](O)CN1C(=O)c2ccccc2C1=O. The number of carbonyl (C=O) groups is 3. The summed E-state index contributed by atoms with van der Waals surface area (Å²) in [5.74, 6) is -0.946. The molecule has 1 aliphatic heterocycles. The van der Waals surface area contributed by atoms with Gasteiger partial charge in [0.05, 0.1) is 23.2 Å². The van der Waals surface area contributed by atoms with Crippen LogP contribution in [-0.2, 0) is 0 Å². The Morgan fingerprint density at radius 2 is 1.45 bits per heavy atom. The number of ether oxygens (including phenoxy) is 1. The molecule has 1 heterocycles. The molecule has 0 saturated heterocycles. The quantitative estimate of drug-likeness (QED) is 0.578. The standard InChI is InChI=1S/C24H20N2O5/c27-17(14-26-23(29)18-10-4-5-11-19(18)24(26)30)15-31-21-13-7-6-12-20(21)22(28)25-16-8-2-1-3-9-16/h1-13,17,27H,14-15H2,(H,25,28)/t17-/m1/s1. The maximum Gasteiger partial charge on any atom is 0.261 e. The van der Waals surface area contributed by atoms with Gasteiger partial charge in [0.25, 0.3) is 17.7 Å². The van der Waals surface area contributed by atoms with Crippen molar-refractivity contribution in [1.82, 2.24) is 4.90 Å². The van der Waals surface area contributed by atoms with Crippen LogP contribution in [0.25, 0.3) is 0 Å². The Bertz CT molecular complexity index is 1090. The van der Waals surface area contributed by atoms with Gasteiger partial charge in [-0.25, -0.2) is 0 Å². The third kappa shape index (κ3) is 4.31. The summed E-state index contributed by atoms with van der Waals surface area (Å²) in [6.45, 7) is -0.395. The summed E-state index contributed by atoms with van der Waals surface area (Å²) in [5, 5.41) is 13.2. The zero-order chi connectivity index (χ0) is 21.8. The lowest BCUT2D eigenvalue weighted by Gasteiger charge is -2.19. The summed E-state index contributed by atoms with van der Waals surface area (Å²) in [6.07, 6.45) is -1.12. The maximum absolute atomic E-state index is 12.6. The lowest BCUT2D eigenvalue weighted by atomic mass is 10.1. The van der Waals surface area contributed by atoms with Crippen LogP contribution in [0.5, 0.6) is 5.75 Å². The number of rotatable bonds is 7. The molecule has 3 aromatic rings. The predicted octanol–water partition coefficient (Wildman–Crippen LogP) is 2.97. The van der Waals surface area contributed by atoms with Gasteiger partial charge in [-0.1, -0.05) is 42.5 Å². The van der Waals surface area contributed by atoms with Crippen molar-refractivity contribution in [3.63, 3.8) is 0 Å². The number of β-amino-alcohol motifs (C(OH)–C–C–N with tert-alkyl or cyclic N) is 1. The lowest BCUT2D eigenvalue weighted by molar-refractivity contribution is 0.0456. The van der Waals surface area contributed by atoms with Gasteiger partial charge in [-0.15, -0.1) is 0 Å². The fourth-order valence-electron chi connectivity index (χ4n) is 3.35. The number of aliphatic hydroxyl groups excluding tert-OH is 1. The molecule has 3 aromatic carbocycles. The molecule has 4 rings (SSSR count). The molecular weight excluding hydrogens is 396 g/mol. The van der Waals surface area contributed by atoms with E-state index in [1.807, 2.05) is 18.2 Å². The topological polar surface area (TPSA) is 95.9 Å². The second-order valence-electron chi connectivity index (χ2n) is 7.05. The first-order chi connectivity index (χ1) is 15.0. The number of nitrogens with one attached hydrogen (secondary N) is 1. The highest BCUT2D eigenvalue weighted by molar-refractivity contribution is 6.21. The summed E-state index contributed by atoms with van der Waals surface area (Å²) in [4.78, 5) is 38.5. The van der Waals surface area contributed by atoms with Crippen molar-refractivity contribution in [1.29, 1.82) is 0 Å². The van der Waals surface area contributed by atoms with E-state index in [1.165, 1.54) is 0 Å². The number of hydrogen-bond acceptors (Lipinski definition) is 5. The van der Waals surface area contributed by atoms with Gasteiger partial charge < -0.3 is 15.2 Å². The maximum atomic E-state index is 12.6. The number of carbonyl (C=O) groups excluding carboxylic acids is 3. The molecule has 0 aliphatic carbocycles. The number of nitrogens with zero attached hydrogens (tertiary/aromatic N) is 1. The third-order valence-corrected chi connectivity index (χ3v) is 4.87. The molecule has 2 N–H and O–H groups in total. The summed E-state index contributed by atoms with van der Waals surface area (Å²) in [7, 11) is 0. The number of hydrogen-bond donors (Lipinski definition) is 2. The molecule has 7 nitrogen and oxygen atoms in total. The van der Waals surface area contributed by atoms with Gasteiger partial charge in [0.2, 0.25) is 0 Å². The Kier molecular flexibility index (Phi) is 5.77. The molecule has 0 fully saturated rings. The number of para-hydroxylation sites is 2. The number of imide groups is 1. The molecule has 1 atom stereocenters. The van der Waals surface area contributed by atoms with Crippen molar-refractivity contribution >= 4 is 23.4 Å². The third-order valence-electron chi connectivity index (χ3n) is 4.87. The average Bonchev–Trinajstić information content (AvgIpc) is 3.03. The molecule has 0 saturated carbocycles. The minimum atomic E-state index is -1.12. The zero-order valence-corrected chi connectivity index (χ0v) is 16.5. The van der Waals surface area contributed by atoms with Crippen LogP contribution in [0, 0.1) is 0 Å². The average molecular weight is 416 g/mol. The number of anilines is 1. The Morgan fingerprint density at radius 1 is 0.871 bits per heavy atom. The van der Waals surface area contributed by atoms with Gasteiger partial charge in [0, 0.05) is 5.69 Å². The first-order valence-electron chi connectivity index (χ1n) is 9.76. The molecule has 1 aliphatic rings. The van der Waals surface area contributed by atoms with Gasteiger partial charge in [0.1, 0.15) is 18.5 Å². The van der Waals surface area contributed by atoms with E-state index in [1.54, 1.807) is 60.7 Å². The van der Waals surface area contributed by atoms with Crippen molar-refractivity contribution < 1.29 is 24.2 Å². The first kappa shape index (κ1) is 20.3. The van der Waals surface area contributed by atoms with Crippen LogP contribution in [0.3, 0.4) is 0 Å². The van der Waals surface area contributed by atoms with Crippen molar-refractivity contribution in [2.75, 3.05) is 18.5 Å². The zero-order valence-electron chi connectivity index (χ0n) is 16.5. The Labute approximate surface area is 178 Å². The molecule has 0 radical (unpaired) electrons. The molecule has 0 unspecified atom stereocenters. The van der Waals surface area contributed by atoms with Gasteiger partial charge in [0.15, 0.2) is 0 Å². The summed E-state index contributed by atoms with van der Waals surface area (Å²) < 4.78 is 5.66. The van der Waals surface area contributed by atoms with E-state index in [0.29, 0.717) is 22.4 Å². The molecule has 0 spiro atoms. The van der Waals surface area contributed by atoms with E-state index in [9.17, 15) is 19.5 Å². The van der Waals surface area contributed by atoms with Gasteiger partial charge in [-0.3, -0.25) is 19.3 Å². The van der Waals surface area contributed by atoms with Gasteiger partial charge in [-0.05, 0) is 36.4 Å². The summed E-state index contributed by atoms with van der Waals surface area (Å²) >= 11 is 0. The fraction of sp³-hybridized carbons (Fsp3) is 0.125. The van der Waals surface area contributed by atoms with E-state index >= 15 is 0 Å². The molecule has 3 amide bonds. The van der Waals surface area contributed by atoms with Crippen LogP contribution < -0.4 is 10.1 Å². The summed E-state index contributed by atoms with van der Waals surface area (Å²) in [6, 6.07) is 22.2. The monoisotopic (exact) mass is 416 g/mol. The van der Waals surface area contributed by atoms with Crippen molar-refractivity contribution in [2.24, 2.45) is 0 Å². The molecule has 0 bridgehead atoms. The van der Waals surface area contributed by atoms with Crippen LogP contribution in [-0.4, -0.2) is 47.0 Å². The molecule has 7 heteroatoms. The molecule has 31 heavy (non-hydrogen) atoms. The van der Waals surface area contributed by atoms with Crippen LogP contribution in [0.4, 0.5) is 5.69 Å². The lowest BCUT2D eigenvalue weighted by Crippen LogP contribution is -2.39. The van der Waals surface area contributed by atoms with Crippen LogP contribution in [0.1, 0.15) is 31.1 Å². The number of fused-ring (bicyclic) bond motifs is 1. The summed E-state index contributed by atoms with van der Waals surface area (Å²) in [5.41, 5.74) is 1.60. The predicted molar refractivity (Wildman–Crippen MR) is 114 cm³/mol. The first-order valence-corrected chi connectivity index (χ1v) is 9.76. The molecule has 156 valence electrons. The van der Waals surface area contributed by atoms with Gasteiger partial charge in [-0.2, -0.15) is 0 Å².